The van der Waals surface area contributed by atoms with Crippen LogP contribution in [0.1, 0.15) is 17.5 Å². The van der Waals surface area contributed by atoms with Crippen LogP contribution in [0.15, 0.2) is 54.6 Å². The first-order chi connectivity index (χ1) is 9.20. The first-order valence-corrected chi connectivity index (χ1v) is 6.90. The molecule has 0 aromatic heterocycles. The third-order valence-electron chi connectivity index (χ3n) is 2.77. The van der Waals surface area contributed by atoms with Gasteiger partial charge in [-0.1, -0.05) is 41.9 Å². The molecule has 0 atom stereocenters. The molecule has 0 N–H and O–H groups in total. The molecule has 19 heavy (non-hydrogen) atoms. The Morgan fingerprint density at radius 2 is 1.47 bits per heavy atom. The lowest BCUT2D eigenvalue weighted by Gasteiger charge is -2.09. The number of alkyl halides is 1. The molecule has 98 valence electrons. The molecule has 0 aliphatic carbocycles. The summed E-state index contributed by atoms with van der Waals surface area (Å²) in [5.41, 5.74) is 3.05. The fraction of sp³-hybridized carbons (Fsp3) is 0.125. The Balaban J connectivity index is 2.41. The maximum absolute atomic E-state index is 13.0. The van der Waals surface area contributed by atoms with E-state index in [2.05, 4.69) is 6.08 Å². The fourth-order valence-corrected chi connectivity index (χ4v) is 2.10. The minimum Gasteiger partial charge on any atom is -0.207 e. The molecule has 0 bridgehead atoms. The van der Waals surface area contributed by atoms with Crippen LogP contribution in [0.25, 0.3) is 5.57 Å². The normalized spacial score (nSPS) is 11.6. The standard InChI is InChI=1S/C16H13Cl2F/c17-11-1-2-16(12-3-7-14(18)8-4-12)13-5-9-15(19)10-6-13/h2-10H,1,11H2/b16-2+. The molecule has 2 rings (SSSR count). The Morgan fingerprint density at radius 3 is 2.00 bits per heavy atom. The molecule has 2 aromatic carbocycles. The highest BCUT2D eigenvalue weighted by Gasteiger charge is 2.05. The van der Waals surface area contributed by atoms with Crippen molar-refractivity contribution in [1.29, 1.82) is 0 Å². The van der Waals surface area contributed by atoms with E-state index < -0.39 is 0 Å². The van der Waals surface area contributed by atoms with Gasteiger partial charge in [0.15, 0.2) is 0 Å². The summed E-state index contributed by atoms with van der Waals surface area (Å²) in [4.78, 5) is 0. The topological polar surface area (TPSA) is 0 Å². The van der Waals surface area contributed by atoms with Crippen LogP contribution in [0.5, 0.6) is 0 Å². The second-order valence-electron chi connectivity index (χ2n) is 4.11. The Kier molecular flexibility index (Phi) is 5.00. The van der Waals surface area contributed by atoms with Gasteiger partial charge in [-0.2, -0.15) is 0 Å². The smallest absolute Gasteiger partial charge is 0.123 e. The molecule has 0 fully saturated rings. The second kappa shape index (κ2) is 6.74. The van der Waals surface area contributed by atoms with Crippen molar-refractivity contribution in [3.63, 3.8) is 0 Å². The minimum atomic E-state index is -0.239. The molecule has 0 radical (unpaired) electrons. The number of halogens is 3. The van der Waals surface area contributed by atoms with E-state index in [9.17, 15) is 4.39 Å². The zero-order chi connectivity index (χ0) is 13.7. The van der Waals surface area contributed by atoms with Crippen molar-refractivity contribution in [1.82, 2.24) is 0 Å². The summed E-state index contributed by atoms with van der Waals surface area (Å²) in [7, 11) is 0. The van der Waals surface area contributed by atoms with Gasteiger partial charge in [0.1, 0.15) is 5.82 Å². The monoisotopic (exact) mass is 294 g/mol. The summed E-state index contributed by atoms with van der Waals surface area (Å²) in [5, 5.41) is 0.694. The molecule has 0 unspecified atom stereocenters. The number of hydrogen-bond donors (Lipinski definition) is 0. The summed E-state index contributed by atoms with van der Waals surface area (Å²) in [6.45, 7) is 0. The van der Waals surface area contributed by atoms with E-state index >= 15 is 0 Å². The van der Waals surface area contributed by atoms with Crippen molar-refractivity contribution in [2.24, 2.45) is 0 Å². The predicted molar refractivity (Wildman–Crippen MR) is 80.3 cm³/mol. The molecule has 0 saturated carbocycles. The quantitative estimate of drug-likeness (QED) is 0.650. The van der Waals surface area contributed by atoms with E-state index in [-0.39, 0.29) is 5.82 Å². The lowest BCUT2D eigenvalue weighted by Crippen LogP contribution is -1.89. The van der Waals surface area contributed by atoms with Crippen LogP contribution < -0.4 is 0 Å². The first-order valence-electron chi connectivity index (χ1n) is 5.98. The molecule has 0 heterocycles. The highest BCUT2D eigenvalue weighted by atomic mass is 35.5. The van der Waals surface area contributed by atoms with Crippen molar-refractivity contribution in [3.8, 4) is 0 Å². The molecule has 0 saturated heterocycles. The molecule has 0 aliphatic rings. The van der Waals surface area contributed by atoms with Crippen LogP contribution in [-0.4, -0.2) is 5.88 Å². The van der Waals surface area contributed by atoms with Crippen LogP contribution in [0.2, 0.25) is 5.02 Å². The first kappa shape index (κ1) is 14.1. The molecule has 0 spiro atoms. The van der Waals surface area contributed by atoms with Gasteiger partial charge in [-0.3, -0.25) is 0 Å². The SMILES string of the molecule is Fc1ccc(/C(=C/CCCl)c2ccc(Cl)cc2)cc1. The van der Waals surface area contributed by atoms with Crippen LogP contribution in [0.4, 0.5) is 4.39 Å². The van der Waals surface area contributed by atoms with Gasteiger partial charge in [0.05, 0.1) is 0 Å². The Bertz CT molecular complexity index is 509. The molecule has 0 nitrogen and oxygen atoms in total. The average molecular weight is 295 g/mol. The number of allylic oxidation sites excluding steroid dienone is 1. The fourth-order valence-electron chi connectivity index (χ4n) is 1.86. The lowest BCUT2D eigenvalue weighted by atomic mass is 9.97. The van der Waals surface area contributed by atoms with E-state index in [0.29, 0.717) is 10.9 Å². The molecular weight excluding hydrogens is 282 g/mol. The molecular formula is C16H13Cl2F. The average Bonchev–Trinajstić information content (AvgIpc) is 2.43. The number of rotatable bonds is 4. The van der Waals surface area contributed by atoms with E-state index in [1.807, 2.05) is 24.3 Å². The highest BCUT2D eigenvalue weighted by molar-refractivity contribution is 6.30. The van der Waals surface area contributed by atoms with Gasteiger partial charge in [0, 0.05) is 10.9 Å². The summed E-state index contributed by atoms with van der Waals surface area (Å²) < 4.78 is 13.0. The van der Waals surface area contributed by atoms with Crippen molar-refractivity contribution in [3.05, 3.63) is 76.6 Å². The van der Waals surface area contributed by atoms with Gasteiger partial charge in [-0.05, 0) is 47.4 Å². The molecule has 0 amide bonds. The summed E-state index contributed by atoms with van der Waals surface area (Å²) in [6.07, 6.45) is 2.82. The molecule has 2 aromatic rings. The van der Waals surface area contributed by atoms with Crippen molar-refractivity contribution in [2.45, 2.75) is 6.42 Å². The Labute approximate surface area is 122 Å². The van der Waals surface area contributed by atoms with Crippen LogP contribution >= 0.6 is 23.2 Å². The van der Waals surface area contributed by atoms with Gasteiger partial charge >= 0.3 is 0 Å². The van der Waals surface area contributed by atoms with Gasteiger partial charge in [-0.15, -0.1) is 11.6 Å². The predicted octanol–water partition coefficient (Wildman–Crippen LogP) is 5.54. The van der Waals surface area contributed by atoms with Crippen molar-refractivity contribution < 1.29 is 4.39 Å². The second-order valence-corrected chi connectivity index (χ2v) is 4.92. The Morgan fingerprint density at radius 1 is 0.947 bits per heavy atom. The lowest BCUT2D eigenvalue weighted by molar-refractivity contribution is 0.627. The summed E-state index contributed by atoms with van der Waals surface area (Å²) in [5.74, 6) is 0.315. The number of hydrogen-bond acceptors (Lipinski definition) is 0. The zero-order valence-corrected chi connectivity index (χ0v) is 11.8. The van der Waals surface area contributed by atoms with Gasteiger partial charge < -0.3 is 0 Å². The maximum atomic E-state index is 13.0. The van der Waals surface area contributed by atoms with Crippen LogP contribution in [0, 0.1) is 5.82 Å². The van der Waals surface area contributed by atoms with Crippen LogP contribution in [0.3, 0.4) is 0 Å². The van der Waals surface area contributed by atoms with Gasteiger partial charge in [-0.25, -0.2) is 4.39 Å². The molecule has 3 heteroatoms. The van der Waals surface area contributed by atoms with E-state index in [1.165, 1.54) is 12.1 Å². The van der Waals surface area contributed by atoms with Crippen molar-refractivity contribution in [2.75, 3.05) is 5.88 Å². The summed E-state index contributed by atoms with van der Waals surface area (Å²) in [6, 6.07) is 14.0. The van der Waals surface area contributed by atoms with Crippen molar-refractivity contribution >= 4 is 28.8 Å². The third-order valence-corrected chi connectivity index (χ3v) is 3.24. The zero-order valence-electron chi connectivity index (χ0n) is 10.2. The van der Waals surface area contributed by atoms with Gasteiger partial charge in [0.25, 0.3) is 0 Å². The van der Waals surface area contributed by atoms with E-state index in [0.717, 1.165) is 23.1 Å². The summed E-state index contributed by atoms with van der Waals surface area (Å²) >= 11 is 11.6. The minimum absolute atomic E-state index is 0.239. The molecule has 0 aliphatic heterocycles. The van der Waals surface area contributed by atoms with E-state index in [1.54, 1.807) is 12.1 Å². The van der Waals surface area contributed by atoms with E-state index in [4.69, 9.17) is 23.2 Å². The largest absolute Gasteiger partial charge is 0.207 e. The highest BCUT2D eigenvalue weighted by Crippen LogP contribution is 2.25. The maximum Gasteiger partial charge on any atom is 0.123 e. The number of benzene rings is 2. The third kappa shape index (κ3) is 3.82. The Hall–Kier alpha value is -1.31. The van der Waals surface area contributed by atoms with Gasteiger partial charge in [0.2, 0.25) is 0 Å². The van der Waals surface area contributed by atoms with Crippen LogP contribution in [-0.2, 0) is 0 Å².